The highest BCUT2D eigenvalue weighted by Crippen LogP contribution is 2.42. The van der Waals surface area contributed by atoms with Gasteiger partial charge in [-0.3, -0.25) is 9.59 Å². The Balaban J connectivity index is 1.95. The molecule has 1 aliphatic heterocycles. The van der Waals surface area contributed by atoms with Crippen molar-refractivity contribution < 1.29 is 24.2 Å². The number of carbonyl (C=O) groups excluding carboxylic acids is 2. The van der Waals surface area contributed by atoms with Crippen LogP contribution in [0.5, 0.6) is 5.75 Å². The van der Waals surface area contributed by atoms with E-state index in [2.05, 4.69) is 0 Å². The highest BCUT2D eigenvalue weighted by Gasteiger charge is 2.46. The summed E-state index contributed by atoms with van der Waals surface area (Å²) < 4.78 is 10.6. The van der Waals surface area contributed by atoms with Crippen LogP contribution in [0.2, 0.25) is 0 Å². The third-order valence-electron chi connectivity index (χ3n) is 6.40. The Morgan fingerprint density at radius 2 is 1.74 bits per heavy atom. The minimum Gasteiger partial charge on any atom is -0.507 e. The Hall–Kier alpha value is -3.64. The van der Waals surface area contributed by atoms with Gasteiger partial charge in [0.1, 0.15) is 11.5 Å². The van der Waals surface area contributed by atoms with Gasteiger partial charge in [-0.25, -0.2) is 0 Å². The van der Waals surface area contributed by atoms with Gasteiger partial charge in [-0.2, -0.15) is 0 Å². The third-order valence-corrected chi connectivity index (χ3v) is 6.40. The largest absolute Gasteiger partial charge is 0.507 e. The Bertz CT molecular complexity index is 1290. The molecule has 176 valence electrons. The molecule has 0 aliphatic carbocycles. The SMILES string of the molecule is COCCCN1C(=O)C(=O)/C(=C(/O)c2cc(C)c(OC)cc2C)C1c1cccc2ccccc12. The number of hydrogen-bond acceptors (Lipinski definition) is 5. The summed E-state index contributed by atoms with van der Waals surface area (Å²) in [6.07, 6.45) is 0.575. The van der Waals surface area contributed by atoms with E-state index in [1.165, 1.54) is 0 Å². The van der Waals surface area contributed by atoms with E-state index in [1.54, 1.807) is 25.2 Å². The number of hydrogen-bond donors (Lipinski definition) is 1. The van der Waals surface area contributed by atoms with Crippen LogP contribution in [-0.2, 0) is 14.3 Å². The van der Waals surface area contributed by atoms with Crippen molar-refractivity contribution in [2.45, 2.75) is 26.3 Å². The van der Waals surface area contributed by atoms with Crippen LogP contribution in [0.1, 0.15) is 34.7 Å². The van der Waals surface area contributed by atoms with Gasteiger partial charge in [0.25, 0.3) is 11.7 Å². The highest BCUT2D eigenvalue weighted by atomic mass is 16.5. The van der Waals surface area contributed by atoms with E-state index in [-0.39, 0.29) is 11.3 Å². The summed E-state index contributed by atoms with van der Waals surface area (Å²) in [4.78, 5) is 28.1. The Morgan fingerprint density at radius 1 is 1.00 bits per heavy atom. The topological polar surface area (TPSA) is 76.1 Å². The molecule has 3 aromatic carbocycles. The fourth-order valence-corrected chi connectivity index (χ4v) is 4.71. The molecule has 6 nitrogen and oxygen atoms in total. The fourth-order valence-electron chi connectivity index (χ4n) is 4.71. The van der Waals surface area contributed by atoms with Gasteiger partial charge in [-0.15, -0.1) is 0 Å². The third kappa shape index (κ3) is 4.05. The lowest BCUT2D eigenvalue weighted by Crippen LogP contribution is -2.31. The molecule has 0 bridgehead atoms. The predicted octanol–water partition coefficient (Wildman–Crippen LogP) is 4.92. The van der Waals surface area contributed by atoms with E-state index in [0.717, 1.165) is 27.5 Å². The number of likely N-dealkylation sites (tertiary alicyclic amines) is 1. The van der Waals surface area contributed by atoms with Crippen molar-refractivity contribution in [2.75, 3.05) is 27.4 Å². The van der Waals surface area contributed by atoms with Gasteiger partial charge in [0.05, 0.1) is 18.7 Å². The van der Waals surface area contributed by atoms with Gasteiger partial charge in [0.2, 0.25) is 0 Å². The monoisotopic (exact) mass is 459 g/mol. The summed E-state index contributed by atoms with van der Waals surface area (Å²) in [5.41, 5.74) is 3.00. The first-order chi connectivity index (χ1) is 16.4. The van der Waals surface area contributed by atoms with Crippen LogP contribution >= 0.6 is 0 Å². The maximum Gasteiger partial charge on any atom is 0.295 e. The fraction of sp³-hybridized carbons (Fsp3) is 0.286. The Labute approximate surface area is 199 Å². The number of rotatable bonds is 7. The molecule has 34 heavy (non-hydrogen) atoms. The summed E-state index contributed by atoms with van der Waals surface area (Å²) in [5.74, 6) is -0.771. The Morgan fingerprint density at radius 3 is 2.47 bits per heavy atom. The molecular formula is C28H29NO5. The molecule has 1 amide bonds. The minimum atomic E-state index is -0.704. The first-order valence-corrected chi connectivity index (χ1v) is 11.3. The number of methoxy groups -OCH3 is 2. The van der Waals surface area contributed by atoms with Gasteiger partial charge < -0.3 is 19.5 Å². The lowest BCUT2D eigenvalue weighted by atomic mass is 9.90. The molecule has 0 saturated carbocycles. The number of benzene rings is 3. The van der Waals surface area contributed by atoms with Crippen LogP contribution in [-0.4, -0.2) is 49.1 Å². The van der Waals surface area contributed by atoms with Crippen molar-refractivity contribution >= 4 is 28.2 Å². The zero-order valence-electron chi connectivity index (χ0n) is 19.9. The van der Waals surface area contributed by atoms with E-state index in [9.17, 15) is 14.7 Å². The van der Waals surface area contributed by atoms with Crippen molar-refractivity contribution in [1.29, 1.82) is 0 Å². The molecular weight excluding hydrogens is 430 g/mol. The smallest absolute Gasteiger partial charge is 0.295 e. The second-order valence-corrected chi connectivity index (χ2v) is 8.54. The molecule has 1 N–H and O–H groups in total. The second-order valence-electron chi connectivity index (χ2n) is 8.54. The molecule has 1 unspecified atom stereocenters. The number of Topliss-reactive ketones (excluding diaryl/α,β-unsaturated/α-hetero) is 1. The molecule has 0 radical (unpaired) electrons. The van der Waals surface area contributed by atoms with Crippen LogP contribution in [0, 0.1) is 13.8 Å². The maximum atomic E-state index is 13.3. The highest BCUT2D eigenvalue weighted by molar-refractivity contribution is 6.46. The summed E-state index contributed by atoms with van der Waals surface area (Å²) in [6.45, 7) is 4.52. The van der Waals surface area contributed by atoms with E-state index < -0.39 is 17.7 Å². The lowest BCUT2D eigenvalue weighted by Gasteiger charge is -2.26. The second kappa shape index (κ2) is 9.69. The van der Waals surface area contributed by atoms with Crippen molar-refractivity contribution in [3.05, 3.63) is 82.4 Å². The van der Waals surface area contributed by atoms with Crippen LogP contribution < -0.4 is 4.74 Å². The van der Waals surface area contributed by atoms with Crippen LogP contribution in [0.15, 0.2) is 60.2 Å². The van der Waals surface area contributed by atoms with Crippen molar-refractivity contribution in [2.24, 2.45) is 0 Å². The molecule has 1 fully saturated rings. The number of aliphatic hydroxyl groups excluding tert-OH is 1. The van der Waals surface area contributed by atoms with Gasteiger partial charge in [0, 0.05) is 25.8 Å². The number of aliphatic hydroxyl groups is 1. The zero-order valence-corrected chi connectivity index (χ0v) is 19.9. The number of ketones is 1. The molecule has 1 atom stereocenters. The van der Waals surface area contributed by atoms with Gasteiger partial charge >= 0.3 is 0 Å². The van der Waals surface area contributed by atoms with Crippen LogP contribution in [0.25, 0.3) is 16.5 Å². The molecule has 1 heterocycles. The number of amides is 1. The normalized spacial score (nSPS) is 17.5. The van der Waals surface area contributed by atoms with E-state index in [1.807, 2.05) is 62.4 Å². The molecule has 3 aromatic rings. The van der Waals surface area contributed by atoms with Crippen LogP contribution in [0.3, 0.4) is 0 Å². The number of aryl methyl sites for hydroxylation is 2. The molecule has 0 spiro atoms. The summed E-state index contributed by atoms with van der Waals surface area (Å²) in [7, 11) is 3.19. The summed E-state index contributed by atoms with van der Waals surface area (Å²) in [5, 5.41) is 13.4. The summed E-state index contributed by atoms with van der Waals surface area (Å²) in [6, 6.07) is 16.6. The quantitative estimate of drug-likeness (QED) is 0.235. The molecule has 0 aromatic heterocycles. The van der Waals surface area contributed by atoms with E-state index >= 15 is 0 Å². The zero-order chi connectivity index (χ0) is 24.4. The van der Waals surface area contributed by atoms with Crippen LogP contribution in [0.4, 0.5) is 0 Å². The number of fused-ring (bicyclic) bond motifs is 1. The molecule has 6 heteroatoms. The van der Waals surface area contributed by atoms with Gasteiger partial charge in [-0.05, 0) is 59.9 Å². The van der Waals surface area contributed by atoms with Crippen molar-refractivity contribution in [3.8, 4) is 5.75 Å². The van der Waals surface area contributed by atoms with Crippen molar-refractivity contribution in [1.82, 2.24) is 4.90 Å². The first-order valence-electron chi connectivity index (χ1n) is 11.3. The molecule has 4 rings (SSSR count). The minimum absolute atomic E-state index is 0.103. The number of carbonyl (C=O) groups is 2. The predicted molar refractivity (Wildman–Crippen MR) is 132 cm³/mol. The lowest BCUT2D eigenvalue weighted by molar-refractivity contribution is -0.140. The molecule has 1 saturated heterocycles. The number of ether oxygens (including phenoxy) is 2. The average Bonchev–Trinajstić information content (AvgIpc) is 3.09. The standard InChI is InChI=1S/C28H29NO5/c1-17-16-23(34-4)18(2)15-22(17)26(30)24-25(29(13-8-14-33-3)28(32)27(24)31)21-12-7-10-19-9-5-6-11-20(19)21/h5-7,9-12,15-16,25,30H,8,13-14H2,1-4H3/b26-24+. The van der Waals surface area contributed by atoms with Crippen molar-refractivity contribution in [3.63, 3.8) is 0 Å². The van der Waals surface area contributed by atoms with Gasteiger partial charge in [-0.1, -0.05) is 42.5 Å². The van der Waals surface area contributed by atoms with Gasteiger partial charge in [0.15, 0.2) is 0 Å². The Kier molecular flexibility index (Phi) is 6.70. The first kappa shape index (κ1) is 23.5. The van der Waals surface area contributed by atoms with E-state index in [4.69, 9.17) is 9.47 Å². The average molecular weight is 460 g/mol. The summed E-state index contributed by atoms with van der Waals surface area (Å²) >= 11 is 0. The maximum absolute atomic E-state index is 13.3. The molecule has 1 aliphatic rings. The van der Waals surface area contributed by atoms with E-state index in [0.29, 0.717) is 30.9 Å². The number of nitrogens with zero attached hydrogens (tertiary/aromatic N) is 1.